The first-order valence-electron chi connectivity index (χ1n) is 6.97. The lowest BCUT2D eigenvalue weighted by Gasteiger charge is -2.23. The number of alkyl halides is 1. The molecule has 20 heavy (non-hydrogen) atoms. The minimum absolute atomic E-state index is 0.527. The van der Waals surface area contributed by atoms with Crippen LogP contribution in [0.15, 0.2) is 23.9 Å². The Morgan fingerprint density at radius 1 is 1.00 bits per heavy atom. The molecule has 0 saturated heterocycles. The van der Waals surface area contributed by atoms with Crippen molar-refractivity contribution in [3.8, 4) is 0 Å². The molecule has 0 fully saturated rings. The fourth-order valence-corrected chi connectivity index (χ4v) is 3.10. The van der Waals surface area contributed by atoms with E-state index in [4.69, 9.17) is 25.2 Å². The molecule has 0 aliphatic heterocycles. The average molecular weight is 337 g/mol. The molecule has 0 aromatic rings. The Bertz CT molecular complexity index is 341. The lowest BCUT2D eigenvalue weighted by atomic mass is 10.3. The molecule has 0 bridgehead atoms. The lowest BCUT2D eigenvalue weighted by Crippen LogP contribution is -2.26. The standard InChI is InChI=1S/C14H29ClO3Si2/c1-16-14(18-20(5,6)7)12-13(10-8-9-11-15)17-19(2,3)4/h10,12H,8-9,11H2,1-7H3/b13-10-,14-12-. The van der Waals surface area contributed by atoms with Gasteiger partial charge in [-0.3, -0.25) is 0 Å². The predicted octanol–water partition coefficient (Wildman–Crippen LogP) is 5.08. The zero-order chi connectivity index (χ0) is 15.8. The van der Waals surface area contributed by atoms with E-state index in [-0.39, 0.29) is 0 Å². The molecule has 0 aromatic carbocycles. The van der Waals surface area contributed by atoms with E-state index >= 15 is 0 Å². The van der Waals surface area contributed by atoms with Crippen molar-refractivity contribution in [3.63, 3.8) is 0 Å². The Balaban J connectivity index is 5.03. The molecule has 118 valence electrons. The van der Waals surface area contributed by atoms with Crippen molar-refractivity contribution in [2.45, 2.75) is 52.1 Å². The minimum atomic E-state index is -1.69. The molecule has 0 N–H and O–H groups in total. The zero-order valence-electron chi connectivity index (χ0n) is 13.9. The van der Waals surface area contributed by atoms with Crippen LogP contribution in [0.5, 0.6) is 0 Å². The quantitative estimate of drug-likeness (QED) is 0.193. The van der Waals surface area contributed by atoms with Crippen LogP contribution in [-0.4, -0.2) is 29.6 Å². The summed E-state index contributed by atoms with van der Waals surface area (Å²) in [6.07, 6.45) is 5.74. The number of unbranched alkanes of at least 4 members (excludes halogenated alkanes) is 1. The van der Waals surface area contributed by atoms with Crippen molar-refractivity contribution in [3.05, 3.63) is 23.9 Å². The van der Waals surface area contributed by atoms with Gasteiger partial charge in [-0.15, -0.1) is 11.6 Å². The molecule has 0 rings (SSSR count). The monoisotopic (exact) mass is 336 g/mol. The molecular weight excluding hydrogens is 308 g/mol. The summed E-state index contributed by atoms with van der Waals surface area (Å²) in [5.41, 5.74) is 0. The van der Waals surface area contributed by atoms with E-state index in [1.807, 2.05) is 6.08 Å². The van der Waals surface area contributed by atoms with E-state index in [0.717, 1.165) is 18.6 Å². The van der Waals surface area contributed by atoms with E-state index < -0.39 is 16.6 Å². The largest absolute Gasteiger partial charge is 0.544 e. The number of rotatable bonds is 9. The lowest BCUT2D eigenvalue weighted by molar-refractivity contribution is 0.145. The van der Waals surface area contributed by atoms with Gasteiger partial charge >= 0.3 is 0 Å². The number of halogens is 1. The van der Waals surface area contributed by atoms with Gasteiger partial charge in [-0.1, -0.05) is 0 Å². The smallest absolute Gasteiger partial charge is 0.268 e. The van der Waals surface area contributed by atoms with Crippen molar-refractivity contribution < 1.29 is 13.6 Å². The van der Waals surface area contributed by atoms with Crippen LogP contribution in [0.2, 0.25) is 39.3 Å². The third-order valence-electron chi connectivity index (χ3n) is 1.98. The van der Waals surface area contributed by atoms with Gasteiger partial charge in [0.25, 0.3) is 5.95 Å². The normalized spacial score (nSPS) is 14.2. The van der Waals surface area contributed by atoms with Gasteiger partial charge in [0.2, 0.25) is 16.6 Å². The molecule has 0 aliphatic rings. The molecule has 0 amide bonds. The van der Waals surface area contributed by atoms with Gasteiger partial charge in [-0.05, 0) is 58.2 Å². The topological polar surface area (TPSA) is 27.7 Å². The highest BCUT2D eigenvalue weighted by molar-refractivity contribution is 6.70. The maximum atomic E-state index is 6.07. The van der Waals surface area contributed by atoms with Crippen LogP contribution in [0.3, 0.4) is 0 Å². The summed E-state index contributed by atoms with van der Waals surface area (Å²) in [5.74, 6) is 2.01. The summed E-state index contributed by atoms with van der Waals surface area (Å²) in [6, 6.07) is 0. The van der Waals surface area contributed by atoms with Crippen molar-refractivity contribution >= 4 is 28.2 Å². The first-order valence-corrected chi connectivity index (χ1v) is 14.3. The van der Waals surface area contributed by atoms with Crippen LogP contribution in [0.1, 0.15) is 12.8 Å². The fraction of sp³-hybridized carbons (Fsp3) is 0.714. The van der Waals surface area contributed by atoms with Gasteiger partial charge in [0.15, 0.2) is 0 Å². The number of hydrogen-bond acceptors (Lipinski definition) is 3. The molecule has 0 saturated carbocycles. The summed E-state index contributed by atoms with van der Waals surface area (Å²) >= 11 is 5.72. The Kier molecular flexibility index (Phi) is 8.62. The molecule has 6 heteroatoms. The first-order chi connectivity index (χ1) is 9.07. The van der Waals surface area contributed by atoms with Crippen LogP contribution in [0.4, 0.5) is 0 Å². The van der Waals surface area contributed by atoms with Crippen molar-refractivity contribution in [2.24, 2.45) is 0 Å². The van der Waals surface area contributed by atoms with Gasteiger partial charge in [0, 0.05) is 5.88 Å². The second kappa shape index (κ2) is 8.79. The third kappa shape index (κ3) is 11.4. The van der Waals surface area contributed by atoms with Crippen LogP contribution in [0.25, 0.3) is 0 Å². The summed E-state index contributed by atoms with van der Waals surface area (Å²) in [5, 5.41) is 0. The fourth-order valence-electron chi connectivity index (χ4n) is 1.35. The second-order valence-corrected chi connectivity index (χ2v) is 15.8. The Labute approximate surface area is 131 Å². The Morgan fingerprint density at radius 3 is 1.95 bits per heavy atom. The Hall–Kier alpha value is -0.396. The second-order valence-electron chi connectivity index (χ2n) is 6.53. The molecule has 3 nitrogen and oxygen atoms in total. The molecule has 0 heterocycles. The van der Waals surface area contributed by atoms with E-state index in [1.54, 1.807) is 7.11 Å². The maximum Gasteiger partial charge on any atom is 0.268 e. The summed E-state index contributed by atoms with van der Waals surface area (Å²) in [7, 11) is -1.73. The predicted molar refractivity (Wildman–Crippen MR) is 92.0 cm³/mol. The van der Waals surface area contributed by atoms with Crippen LogP contribution >= 0.6 is 11.6 Å². The van der Waals surface area contributed by atoms with E-state index in [9.17, 15) is 0 Å². The van der Waals surface area contributed by atoms with Gasteiger partial charge in [-0.2, -0.15) is 0 Å². The molecule has 0 atom stereocenters. The molecular formula is C14H29ClO3Si2. The SMILES string of the molecule is CO/C(=C/C(=C/CCCCl)O[Si](C)(C)C)O[Si](C)(C)C. The highest BCUT2D eigenvalue weighted by Crippen LogP contribution is 2.18. The van der Waals surface area contributed by atoms with Crippen LogP contribution in [-0.2, 0) is 13.6 Å². The van der Waals surface area contributed by atoms with E-state index in [0.29, 0.717) is 11.8 Å². The number of hydrogen-bond donors (Lipinski definition) is 0. The summed E-state index contributed by atoms with van der Waals surface area (Å²) in [6.45, 7) is 12.8. The molecule has 0 spiro atoms. The van der Waals surface area contributed by atoms with Crippen molar-refractivity contribution in [2.75, 3.05) is 13.0 Å². The molecule has 0 aromatic heterocycles. The number of methoxy groups -OCH3 is 1. The highest BCUT2D eigenvalue weighted by atomic mass is 35.5. The van der Waals surface area contributed by atoms with Gasteiger partial charge < -0.3 is 13.6 Å². The van der Waals surface area contributed by atoms with Crippen molar-refractivity contribution in [1.82, 2.24) is 0 Å². The maximum absolute atomic E-state index is 6.07. The first kappa shape index (κ1) is 19.6. The minimum Gasteiger partial charge on any atom is -0.544 e. The zero-order valence-corrected chi connectivity index (χ0v) is 16.6. The van der Waals surface area contributed by atoms with Crippen molar-refractivity contribution in [1.29, 1.82) is 0 Å². The van der Waals surface area contributed by atoms with Gasteiger partial charge in [0.05, 0.1) is 13.2 Å². The van der Waals surface area contributed by atoms with Crippen LogP contribution < -0.4 is 0 Å². The van der Waals surface area contributed by atoms with Crippen LogP contribution in [0, 0.1) is 0 Å². The number of allylic oxidation sites excluding steroid dienone is 2. The summed E-state index contributed by atoms with van der Waals surface area (Å²) in [4.78, 5) is 0. The third-order valence-corrected chi connectivity index (χ3v) is 3.90. The molecule has 0 aliphatic carbocycles. The van der Waals surface area contributed by atoms with Gasteiger partial charge in [0.1, 0.15) is 5.76 Å². The molecule has 0 radical (unpaired) electrons. The van der Waals surface area contributed by atoms with E-state index in [2.05, 4.69) is 45.4 Å². The Morgan fingerprint density at radius 2 is 1.55 bits per heavy atom. The average Bonchev–Trinajstić information content (AvgIpc) is 2.24. The summed E-state index contributed by atoms with van der Waals surface area (Å²) < 4.78 is 17.3. The van der Waals surface area contributed by atoms with E-state index in [1.165, 1.54) is 0 Å². The van der Waals surface area contributed by atoms with Gasteiger partial charge in [-0.25, -0.2) is 0 Å². The highest BCUT2D eigenvalue weighted by Gasteiger charge is 2.20. The number of ether oxygens (including phenoxy) is 1. The molecule has 0 unspecified atom stereocenters.